The fraction of sp³-hybridized carbons (Fsp3) is 0.636. The van der Waals surface area contributed by atoms with Crippen LogP contribution in [0.1, 0.15) is 61.3 Å². The Morgan fingerprint density at radius 1 is 1.07 bits per heavy atom. The Morgan fingerprint density at radius 2 is 1.85 bits per heavy atom. The molecule has 3 heterocycles. The Kier molecular flexibility index (Phi) is 4.52. The van der Waals surface area contributed by atoms with Crippen LogP contribution in [0, 0.1) is 5.41 Å². The molecular formula is C22H30N4O. The van der Waals surface area contributed by atoms with Gasteiger partial charge in [-0.05, 0) is 69.1 Å². The second kappa shape index (κ2) is 7.02. The standard InChI is InChI=1S/C22H30N4O/c1-25-14-19(17-5-3-2-4-6-17)13-22(16-25)9-11-26(12-10-22)15-20-23-24-21(27-20)18-7-8-18/h2-6,18-19H,7-16H2,1H3/t19-/m1/s1. The molecule has 0 N–H and O–H groups in total. The number of hydrogen-bond acceptors (Lipinski definition) is 5. The van der Waals surface area contributed by atoms with Gasteiger partial charge in [0.2, 0.25) is 11.8 Å². The van der Waals surface area contributed by atoms with E-state index in [4.69, 9.17) is 4.42 Å². The first-order valence-electron chi connectivity index (χ1n) is 10.5. The van der Waals surface area contributed by atoms with Crippen LogP contribution in [0.15, 0.2) is 34.7 Å². The minimum Gasteiger partial charge on any atom is -0.424 e. The lowest BCUT2D eigenvalue weighted by molar-refractivity contribution is 0.0195. The molecule has 5 nitrogen and oxygen atoms in total. The van der Waals surface area contributed by atoms with Crippen LogP contribution >= 0.6 is 0 Å². The zero-order chi connectivity index (χ0) is 18.3. The first kappa shape index (κ1) is 17.4. The molecule has 1 aromatic heterocycles. The molecule has 27 heavy (non-hydrogen) atoms. The molecule has 144 valence electrons. The highest BCUT2D eigenvalue weighted by atomic mass is 16.4. The zero-order valence-corrected chi connectivity index (χ0v) is 16.3. The number of aromatic nitrogens is 2. The van der Waals surface area contributed by atoms with Crippen molar-refractivity contribution in [3.63, 3.8) is 0 Å². The molecule has 1 saturated carbocycles. The second-order valence-electron chi connectivity index (χ2n) is 9.09. The predicted octanol–water partition coefficient (Wildman–Crippen LogP) is 3.65. The third kappa shape index (κ3) is 3.81. The number of rotatable bonds is 4. The summed E-state index contributed by atoms with van der Waals surface area (Å²) in [7, 11) is 2.29. The largest absolute Gasteiger partial charge is 0.424 e. The number of piperidine rings is 2. The maximum Gasteiger partial charge on any atom is 0.230 e. The lowest BCUT2D eigenvalue weighted by atomic mass is 9.68. The highest BCUT2D eigenvalue weighted by Gasteiger charge is 2.41. The fourth-order valence-corrected chi connectivity index (χ4v) is 5.18. The number of hydrogen-bond donors (Lipinski definition) is 0. The summed E-state index contributed by atoms with van der Waals surface area (Å²) in [4.78, 5) is 5.05. The number of likely N-dealkylation sites (N-methyl/N-ethyl adjacent to an activating group) is 1. The summed E-state index contributed by atoms with van der Waals surface area (Å²) in [6.45, 7) is 5.50. The van der Waals surface area contributed by atoms with Crippen LogP contribution in [-0.2, 0) is 6.54 Å². The van der Waals surface area contributed by atoms with Gasteiger partial charge < -0.3 is 9.32 Å². The highest BCUT2D eigenvalue weighted by molar-refractivity contribution is 5.21. The Morgan fingerprint density at radius 3 is 2.59 bits per heavy atom. The normalized spacial score (nSPS) is 26.5. The summed E-state index contributed by atoms with van der Waals surface area (Å²) in [5.74, 6) is 2.87. The lowest BCUT2D eigenvalue weighted by Gasteiger charge is -2.49. The van der Waals surface area contributed by atoms with Gasteiger partial charge in [0.15, 0.2) is 0 Å². The lowest BCUT2D eigenvalue weighted by Crippen LogP contribution is -2.50. The van der Waals surface area contributed by atoms with Gasteiger partial charge in [0.05, 0.1) is 6.54 Å². The van der Waals surface area contributed by atoms with Crippen molar-refractivity contribution in [2.24, 2.45) is 5.41 Å². The molecule has 5 heteroatoms. The summed E-state index contributed by atoms with van der Waals surface area (Å²) in [6.07, 6.45) is 6.28. The van der Waals surface area contributed by atoms with E-state index < -0.39 is 0 Å². The SMILES string of the molecule is CN1C[C@H](c2ccccc2)CC2(CCN(Cc3nnc(C4CC4)o3)CC2)C1. The number of nitrogens with zero attached hydrogens (tertiary/aromatic N) is 4. The monoisotopic (exact) mass is 366 g/mol. The van der Waals surface area contributed by atoms with Crippen molar-refractivity contribution < 1.29 is 4.42 Å². The smallest absolute Gasteiger partial charge is 0.230 e. The van der Waals surface area contributed by atoms with Crippen molar-refractivity contribution in [2.45, 2.75) is 50.5 Å². The first-order chi connectivity index (χ1) is 13.2. The van der Waals surface area contributed by atoms with E-state index in [9.17, 15) is 0 Å². The summed E-state index contributed by atoms with van der Waals surface area (Å²) < 4.78 is 5.87. The molecule has 1 aliphatic carbocycles. The van der Waals surface area contributed by atoms with Crippen molar-refractivity contribution in [1.82, 2.24) is 20.0 Å². The predicted molar refractivity (Wildman–Crippen MR) is 105 cm³/mol. The van der Waals surface area contributed by atoms with Gasteiger partial charge in [-0.15, -0.1) is 10.2 Å². The van der Waals surface area contributed by atoms with Gasteiger partial charge in [-0.2, -0.15) is 0 Å². The minimum absolute atomic E-state index is 0.456. The molecule has 0 bridgehead atoms. The van der Waals surface area contributed by atoms with Gasteiger partial charge >= 0.3 is 0 Å². The van der Waals surface area contributed by atoms with Gasteiger partial charge in [-0.3, -0.25) is 4.90 Å². The van der Waals surface area contributed by atoms with Crippen molar-refractivity contribution in [2.75, 3.05) is 33.2 Å². The molecule has 1 aromatic carbocycles. The van der Waals surface area contributed by atoms with E-state index in [1.165, 1.54) is 50.8 Å². The van der Waals surface area contributed by atoms with E-state index in [2.05, 4.69) is 57.4 Å². The summed E-state index contributed by atoms with van der Waals surface area (Å²) in [5.41, 5.74) is 1.96. The van der Waals surface area contributed by atoms with Gasteiger partial charge in [-0.25, -0.2) is 0 Å². The van der Waals surface area contributed by atoms with E-state index in [1.54, 1.807) is 0 Å². The molecule has 2 saturated heterocycles. The molecule has 0 radical (unpaired) electrons. The van der Waals surface area contributed by atoms with Crippen LogP contribution in [-0.4, -0.2) is 53.2 Å². The van der Waals surface area contributed by atoms with Crippen LogP contribution in [0.3, 0.4) is 0 Å². The molecule has 1 spiro atoms. The molecule has 0 unspecified atom stereocenters. The van der Waals surface area contributed by atoms with E-state index in [0.29, 0.717) is 17.3 Å². The van der Waals surface area contributed by atoms with Crippen LogP contribution < -0.4 is 0 Å². The quantitative estimate of drug-likeness (QED) is 0.826. The highest BCUT2D eigenvalue weighted by Crippen LogP contribution is 2.45. The Balaban J connectivity index is 1.21. The van der Waals surface area contributed by atoms with Gasteiger partial charge in [0.25, 0.3) is 0 Å². The van der Waals surface area contributed by atoms with E-state index in [0.717, 1.165) is 31.4 Å². The summed E-state index contributed by atoms with van der Waals surface area (Å²) >= 11 is 0. The molecule has 0 amide bonds. The number of likely N-dealkylation sites (tertiary alicyclic amines) is 2. The van der Waals surface area contributed by atoms with Crippen molar-refractivity contribution >= 4 is 0 Å². The van der Waals surface area contributed by atoms with Crippen LogP contribution in [0.2, 0.25) is 0 Å². The van der Waals surface area contributed by atoms with Gasteiger partial charge in [0, 0.05) is 19.0 Å². The molecule has 5 rings (SSSR count). The summed E-state index contributed by atoms with van der Waals surface area (Å²) in [5, 5.41) is 8.50. The van der Waals surface area contributed by atoms with E-state index >= 15 is 0 Å². The topological polar surface area (TPSA) is 45.4 Å². The fourth-order valence-electron chi connectivity index (χ4n) is 5.18. The van der Waals surface area contributed by atoms with E-state index in [1.807, 2.05) is 0 Å². The molecule has 3 fully saturated rings. The van der Waals surface area contributed by atoms with Gasteiger partial charge in [-0.1, -0.05) is 30.3 Å². The molecular weight excluding hydrogens is 336 g/mol. The third-order valence-corrected chi connectivity index (χ3v) is 6.77. The van der Waals surface area contributed by atoms with Crippen LogP contribution in [0.25, 0.3) is 0 Å². The Labute approximate surface area is 161 Å². The van der Waals surface area contributed by atoms with Crippen molar-refractivity contribution in [1.29, 1.82) is 0 Å². The molecule has 1 atom stereocenters. The van der Waals surface area contributed by atoms with Crippen LogP contribution in [0.5, 0.6) is 0 Å². The molecule has 2 aliphatic heterocycles. The molecule has 3 aliphatic rings. The van der Waals surface area contributed by atoms with Gasteiger partial charge in [0.1, 0.15) is 0 Å². The van der Waals surface area contributed by atoms with E-state index in [-0.39, 0.29) is 0 Å². The maximum absolute atomic E-state index is 5.87. The maximum atomic E-state index is 5.87. The first-order valence-corrected chi connectivity index (χ1v) is 10.5. The summed E-state index contributed by atoms with van der Waals surface area (Å²) in [6, 6.07) is 11.1. The molecule has 2 aromatic rings. The number of benzene rings is 1. The zero-order valence-electron chi connectivity index (χ0n) is 16.3. The van der Waals surface area contributed by atoms with Crippen molar-refractivity contribution in [3.05, 3.63) is 47.7 Å². The average Bonchev–Trinajstić information content (AvgIpc) is 3.43. The third-order valence-electron chi connectivity index (χ3n) is 6.77. The second-order valence-corrected chi connectivity index (χ2v) is 9.09. The average molecular weight is 367 g/mol. The van der Waals surface area contributed by atoms with Crippen molar-refractivity contribution in [3.8, 4) is 0 Å². The minimum atomic E-state index is 0.456. The Bertz CT molecular complexity index is 762. The van der Waals surface area contributed by atoms with Crippen LogP contribution in [0.4, 0.5) is 0 Å². The Hall–Kier alpha value is -1.72.